The second kappa shape index (κ2) is 5.85. The van der Waals surface area contributed by atoms with Crippen molar-refractivity contribution in [3.8, 4) is 0 Å². The molecule has 3 nitrogen and oxygen atoms in total. The fraction of sp³-hybridized carbons (Fsp3) is 0.500. The minimum Gasteiger partial charge on any atom is -0.391 e. The van der Waals surface area contributed by atoms with Crippen molar-refractivity contribution in [2.75, 3.05) is 13.6 Å². The Balaban J connectivity index is 1.88. The van der Waals surface area contributed by atoms with Crippen LogP contribution in [0.4, 0.5) is 0 Å². The predicted molar refractivity (Wildman–Crippen MR) is 74.2 cm³/mol. The lowest BCUT2D eigenvalue weighted by molar-refractivity contribution is -0.130. The molecule has 2 rings (SSSR count). The molecule has 4 heteroatoms. The van der Waals surface area contributed by atoms with Crippen LogP contribution in [0.15, 0.2) is 28.7 Å². The molecule has 1 aromatic rings. The molecule has 0 aliphatic heterocycles. The fourth-order valence-electron chi connectivity index (χ4n) is 1.95. The van der Waals surface area contributed by atoms with E-state index in [2.05, 4.69) is 15.9 Å². The SMILES string of the molecule is CN(CC(O)C1CC1)C(=O)Cc1ccccc1Br. The zero-order valence-electron chi connectivity index (χ0n) is 10.5. The van der Waals surface area contributed by atoms with E-state index in [0.29, 0.717) is 18.9 Å². The molecule has 1 saturated carbocycles. The molecular formula is C14H18BrNO2. The summed E-state index contributed by atoms with van der Waals surface area (Å²) in [5, 5.41) is 9.83. The Bertz CT molecular complexity index is 432. The zero-order chi connectivity index (χ0) is 13.1. The van der Waals surface area contributed by atoms with Crippen LogP contribution in [0.2, 0.25) is 0 Å². The molecule has 1 aliphatic rings. The number of aliphatic hydroxyl groups excluding tert-OH is 1. The standard InChI is InChI=1S/C14H18BrNO2/c1-16(9-13(17)10-6-7-10)14(18)8-11-4-2-3-5-12(11)15/h2-5,10,13,17H,6-9H2,1H3. The number of halogens is 1. The Hall–Kier alpha value is -0.870. The van der Waals surface area contributed by atoms with Crippen LogP contribution in [-0.2, 0) is 11.2 Å². The molecule has 1 unspecified atom stereocenters. The molecule has 1 fully saturated rings. The molecule has 0 spiro atoms. The van der Waals surface area contributed by atoms with Crippen LogP contribution >= 0.6 is 15.9 Å². The molecule has 1 aromatic carbocycles. The second-order valence-electron chi connectivity index (χ2n) is 4.95. The molecule has 1 N–H and O–H groups in total. The Kier molecular flexibility index (Phi) is 4.40. The number of aliphatic hydroxyl groups is 1. The largest absolute Gasteiger partial charge is 0.391 e. The number of rotatable bonds is 5. The van der Waals surface area contributed by atoms with Crippen molar-refractivity contribution in [1.82, 2.24) is 4.90 Å². The molecule has 1 atom stereocenters. The molecule has 0 aromatic heterocycles. The van der Waals surface area contributed by atoms with Crippen molar-refractivity contribution >= 4 is 21.8 Å². The lowest BCUT2D eigenvalue weighted by atomic mass is 10.1. The smallest absolute Gasteiger partial charge is 0.226 e. The van der Waals surface area contributed by atoms with Gasteiger partial charge in [0.15, 0.2) is 0 Å². The monoisotopic (exact) mass is 311 g/mol. The van der Waals surface area contributed by atoms with Crippen LogP contribution in [0.3, 0.4) is 0 Å². The van der Waals surface area contributed by atoms with Gasteiger partial charge in [-0.2, -0.15) is 0 Å². The van der Waals surface area contributed by atoms with Gasteiger partial charge >= 0.3 is 0 Å². The van der Waals surface area contributed by atoms with Gasteiger partial charge < -0.3 is 10.0 Å². The molecule has 1 amide bonds. The van der Waals surface area contributed by atoms with Gasteiger partial charge in [0.25, 0.3) is 0 Å². The van der Waals surface area contributed by atoms with Gasteiger partial charge in [-0.15, -0.1) is 0 Å². The number of carbonyl (C=O) groups is 1. The summed E-state index contributed by atoms with van der Waals surface area (Å²) < 4.78 is 0.953. The van der Waals surface area contributed by atoms with Gasteiger partial charge in [0, 0.05) is 18.1 Å². The van der Waals surface area contributed by atoms with Gasteiger partial charge in [0.2, 0.25) is 5.91 Å². The third kappa shape index (κ3) is 3.56. The van der Waals surface area contributed by atoms with Crippen molar-refractivity contribution < 1.29 is 9.90 Å². The van der Waals surface area contributed by atoms with Crippen molar-refractivity contribution in [3.05, 3.63) is 34.3 Å². The number of nitrogens with zero attached hydrogens (tertiary/aromatic N) is 1. The van der Waals surface area contributed by atoms with Gasteiger partial charge in [-0.05, 0) is 30.4 Å². The van der Waals surface area contributed by atoms with E-state index in [9.17, 15) is 9.90 Å². The third-order valence-corrected chi connectivity index (χ3v) is 4.13. The fourth-order valence-corrected chi connectivity index (χ4v) is 2.38. The first-order valence-corrected chi connectivity index (χ1v) is 7.02. The van der Waals surface area contributed by atoms with Gasteiger partial charge in [0.05, 0.1) is 12.5 Å². The van der Waals surface area contributed by atoms with E-state index in [4.69, 9.17) is 0 Å². The van der Waals surface area contributed by atoms with Crippen molar-refractivity contribution in [2.45, 2.75) is 25.4 Å². The molecule has 0 heterocycles. The molecule has 98 valence electrons. The predicted octanol–water partition coefficient (Wildman–Crippen LogP) is 2.22. The summed E-state index contributed by atoms with van der Waals surface area (Å²) >= 11 is 3.44. The maximum absolute atomic E-state index is 12.0. The minimum atomic E-state index is -0.363. The van der Waals surface area contributed by atoms with E-state index in [1.165, 1.54) is 0 Å². The van der Waals surface area contributed by atoms with Crippen molar-refractivity contribution in [3.63, 3.8) is 0 Å². The van der Waals surface area contributed by atoms with Gasteiger partial charge in [-0.1, -0.05) is 34.1 Å². The van der Waals surface area contributed by atoms with Crippen LogP contribution in [0.1, 0.15) is 18.4 Å². The zero-order valence-corrected chi connectivity index (χ0v) is 12.1. The normalized spacial score (nSPS) is 16.4. The Labute approximate surface area is 116 Å². The van der Waals surface area contributed by atoms with Crippen LogP contribution in [-0.4, -0.2) is 35.6 Å². The summed E-state index contributed by atoms with van der Waals surface area (Å²) in [6.45, 7) is 0.438. The molecule has 0 bridgehead atoms. The van der Waals surface area contributed by atoms with Gasteiger partial charge in [-0.25, -0.2) is 0 Å². The highest BCUT2D eigenvalue weighted by atomic mass is 79.9. The molecule has 18 heavy (non-hydrogen) atoms. The number of hydrogen-bond acceptors (Lipinski definition) is 2. The van der Waals surface area contributed by atoms with E-state index in [0.717, 1.165) is 22.9 Å². The summed E-state index contributed by atoms with van der Waals surface area (Å²) in [4.78, 5) is 13.7. The molecule has 0 saturated heterocycles. The van der Waals surface area contributed by atoms with Crippen LogP contribution in [0.25, 0.3) is 0 Å². The van der Waals surface area contributed by atoms with Crippen LogP contribution in [0, 0.1) is 5.92 Å². The maximum atomic E-state index is 12.0. The number of benzene rings is 1. The quantitative estimate of drug-likeness (QED) is 0.906. The number of carbonyl (C=O) groups excluding carboxylic acids is 1. The maximum Gasteiger partial charge on any atom is 0.226 e. The Morgan fingerprint density at radius 3 is 2.78 bits per heavy atom. The lowest BCUT2D eigenvalue weighted by Crippen LogP contribution is -2.36. The second-order valence-corrected chi connectivity index (χ2v) is 5.80. The minimum absolute atomic E-state index is 0.0431. The van der Waals surface area contributed by atoms with E-state index < -0.39 is 0 Å². The summed E-state index contributed by atoms with van der Waals surface area (Å²) in [5.74, 6) is 0.449. The summed E-state index contributed by atoms with van der Waals surface area (Å²) in [6, 6.07) is 7.72. The van der Waals surface area contributed by atoms with Crippen LogP contribution in [0.5, 0.6) is 0 Å². The highest BCUT2D eigenvalue weighted by Crippen LogP contribution is 2.32. The van der Waals surface area contributed by atoms with E-state index in [1.54, 1.807) is 11.9 Å². The third-order valence-electron chi connectivity index (χ3n) is 3.35. The van der Waals surface area contributed by atoms with Gasteiger partial charge in [0.1, 0.15) is 0 Å². The van der Waals surface area contributed by atoms with E-state index >= 15 is 0 Å². The van der Waals surface area contributed by atoms with Crippen LogP contribution < -0.4 is 0 Å². The first-order valence-electron chi connectivity index (χ1n) is 6.23. The highest BCUT2D eigenvalue weighted by molar-refractivity contribution is 9.10. The summed E-state index contributed by atoms with van der Waals surface area (Å²) in [7, 11) is 1.75. The number of likely N-dealkylation sites (N-methyl/N-ethyl adjacent to an activating group) is 1. The topological polar surface area (TPSA) is 40.5 Å². The number of hydrogen-bond donors (Lipinski definition) is 1. The first kappa shape index (κ1) is 13.6. The number of amides is 1. The first-order chi connectivity index (χ1) is 8.58. The molecule has 0 radical (unpaired) electrons. The summed E-state index contributed by atoms with van der Waals surface area (Å²) in [6.07, 6.45) is 2.19. The Morgan fingerprint density at radius 1 is 1.50 bits per heavy atom. The van der Waals surface area contributed by atoms with E-state index in [-0.39, 0.29) is 12.0 Å². The average Bonchev–Trinajstić information content (AvgIpc) is 3.15. The highest BCUT2D eigenvalue weighted by Gasteiger charge is 2.31. The lowest BCUT2D eigenvalue weighted by Gasteiger charge is -2.21. The molecular weight excluding hydrogens is 294 g/mol. The molecule has 1 aliphatic carbocycles. The van der Waals surface area contributed by atoms with Gasteiger partial charge in [-0.3, -0.25) is 4.79 Å². The van der Waals surface area contributed by atoms with E-state index in [1.807, 2.05) is 24.3 Å². The Morgan fingerprint density at radius 2 is 2.17 bits per heavy atom. The summed E-state index contributed by atoms with van der Waals surface area (Å²) in [5.41, 5.74) is 0.982. The van der Waals surface area contributed by atoms with Crippen molar-refractivity contribution in [1.29, 1.82) is 0 Å². The average molecular weight is 312 g/mol. The van der Waals surface area contributed by atoms with Crippen molar-refractivity contribution in [2.24, 2.45) is 5.92 Å².